The number of aromatic nitrogens is 3. The third-order valence-electron chi connectivity index (χ3n) is 5.49. The predicted molar refractivity (Wildman–Crippen MR) is 110 cm³/mol. The number of imidazole rings is 1. The van der Waals surface area contributed by atoms with Crippen molar-refractivity contribution >= 4 is 22.8 Å². The number of rotatable bonds is 5. The van der Waals surface area contributed by atoms with E-state index in [0.717, 1.165) is 37.0 Å². The summed E-state index contributed by atoms with van der Waals surface area (Å²) in [4.78, 5) is 35.9. The number of fused-ring (bicyclic) bond motifs is 1. The zero-order chi connectivity index (χ0) is 20.2. The molecule has 7 heteroatoms. The standard InChI is InChI=1S/C22H25N5O2/c1-16-8-11-26(12-9-16)21(28)15-27-19-7-3-2-6-18(19)25-20(27)14-24-22(29)17-5-4-10-23-13-17/h2-7,10,13,16H,8-9,11-12,14-15H2,1H3,(H,24,29). The largest absolute Gasteiger partial charge is 0.345 e. The summed E-state index contributed by atoms with van der Waals surface area (Å²) in [6.07, 6.45) is 5.25. The van der Waals surface area contributed by atoms with Crippen LogP contribution in [0.1, 0.15) is 35.9 Å². The lowest BCUT2D eigenvalue weighted by Gasteiger charge is -2.30. The van der Waals surface area contributed by atoms with Gasteiger partial charge >= 0.3 is 0 Å². The summed E-state index contributed by atoms with van der Waals surface area (Å²) in [5.74, 6) is 1.22. The van der Waals surface area contributed by atoms with Crippen molar-refractivity contribution in [1.29, 1.82) is 0 Å². The summed E-state index contributed by atoms with van der Waals surface area (Å²) in [7, 11) is 0. The van der Waals surface area contributed by atoms with Crippen molar-refractivity contribution in [2.75, 3.05) is 13.1 Å². The van der Waals surface area contributed by atoms with E-state index in [1.54, 1.807) is 18.3 Å². The molecule has 0 saturated carbocycles. The molecular weight excluding hydrogens is 366 g/mol. The number of piperidine rings is 1. The van der Waals surface area contributed by atoms with Crippen LogP contribution in [0, 0.1) is 5.92 Å². The highest BCUT2D eigenvalue weighted by Crippen LogP contribution is 2.19. The van der Waals surface area contributed by atoms with Crippen LogP contribution in [0.3, 0.4) is 0 Å². The molecule has 4 rings (SSSR count). The van der Waals surface area contributed by atoms with Gasteiger partial charge in [-0.15, -0.1) is 0 Å². The van der Waals surface area contributed by atoms with Crippen LogP contribution >= 0.6 is 0 Å². The summed E-state index contributed by atoms with van der Waals surface area (Å²) in [5, 5.41) is 2.89. The smallest absolute Gasteiger partial charge is 0.253 e. The summed E-state index contributed by atoms with van der Waals surface area (Å²) in [6, 6.07) is 11.2. The SMILES string of the molecule is CC1CCN(C(=O)Cn2c(CNC(=O)c3cccnc3)nc3ccccc32)CC1. The number of hydrogen-bond donors (Lipinski definition) is 1. The molecule has 150 valence electrons. The van der Waals surface area contributed by atoms with Crippen LogP contribution in [0.15, 0.2) is 48.8 Å². The van der Waals surface area contributed by atoms with Crippen LogP contribution in [0.25, 0.3) is 11.0 Å². The molecule has 0 aliphatic carbocycles. The summed E-state index contributed by atoms with van der Waals surface area (Å²) < 4.78 is 1.92. The second kappa shape index (κ2) is 8.43. The first-order chi connectivity index (χ1) is 14.1. The lowest BCUT2D eigenvalue weighted by Crippen LogP contribution is -2.40. The van der Waals surface area contributed by atoms with Crippen LogP contribution in [-0.4, -0.2) is 44.3 Å². The molecule has 1 aliphatic rings. The maximum atomic E-state index is 12.9. The van der Waals surface area contributed by atoms with Gasteiger partial charge < -0.3 is 14.8 Å². The van der Waals surface area contributed by atoms with Gasteiger partial charge in [0.05, 0.1) is 23.1 Å². The van der Waals surface area contributed by atoms with E-state index in [1.807, 2.05) is 33.7 Å². The Bertz CT molecular complexity index is 1010. The van der Waals surface area contributed by atoms with Gasteiger partial charge in [-0.3, -0.25) is 14.6 Å². The zero-order valence-corrected chi connectivity index (χ0v) is 16.5. The molecule has 1 fully saturated rings. The van der Waals surface area contributed by atoms with Gasteiger partial charge in [-0.05, 0) is 43.0 Å². The van der Waals surface area contributed by atoms with E-state index >= 15 is 0 Å². The number of likely N-dealkylation sites (tertiary alicyclic amines) is 1. The quantitative estimate of drug-likeness (QED) is 0.725. The molecule has 0 atom stereocenters. The van der Waals surface area contributed by atoms with Gasteiger partial charge in [-0.25, -0.2) is 4.98 Å². The van der Waals surface area contributed by atoms with Crippen LogP contribution in [0.5, 0.6) is 0 Å². The fourth-order valence-corrected chi connectivity index (χ4v) is 3.69. The number of amides is 2. The first-order valence-corrected chi connectivity index (χ1v) is 10.0. The minimum atomic E-state index is -0.215. The molecule has 1 aromatic carbocycles. The predicted octanol–water partition coefficient (Wildman–Crippen LogP) is 2.62. The van der Waals surface area contributed by atoms with Gasteiger partial charge in [0.1, 0.15) is 12.4 Å². The van der Waals surface area contributed by atoms with Gasteiger partial charge in [0.15, 0.2) is 0 Å². The molecule has 0 bridgehead atoms. The second-order valence-corrected chi connectivity index (χ2v) is 7.59. The molecule has 3 aromatic rings. The number of hydrogen-bond acceptors (Lipinski definition) is 4. The number of nitrogens with one attached hydrogen (secondary N) is 1. The first kappa shape index (κ1) is 19.1. The lowest BCUT2D eigenvalue weighted by atomic mass is 9.99. The van der Waals surface area contributed by atoms with Gasteiger partial charge in [-0.2, -0.15) is 0 Å². The molecule has 2 aromatic heterocycles. The molecule has 1 aliphatic heterocycles. The third-order valence-corrected chi connectivity index (χ3v) is 5.49. The Balaban J connectivity index is 1.53. The summed E-state index contributed by atoms with van der Waals surface area (Å²) in [5.41, 5.74) is 2.21. The van der Waals surface area contributed by atoms with E-state index in [4.69, 9.17) is 0 Å². The van der Waals surface area contributed by atoms with Gasteiger partial charge in [0.25, 0.3) is 5.91 Å². The maximum absolute atomic E-state index is 12.9. The number of benzene rings is 1. The Morgan fingerprint density at radius 2 is 1.93 bits per heavy atom. The minimum Gasteiger partial charge on any atom is -0.345 e. The molecule has 1 saturated heterocycles. The number of nitrogens with zero attached hydrogens (tertiary/aromatic N) is 4. The van der Waals surface area contributed by atoms with Crippen molar-refractivity contribution in [2.24, 2.45) is 5.92 Å². The van der Waals surface area contributed by atoms with E-state index in [2.05, 4.69) is 22.2 Å². The molecule has 1 N–H and O–H groups in total. The molecule has 0 radical (unpaired) electrons. The lowest BCUT2D eigenvalue weighted by molar-refractivity contribution is -0.133. The van der Waals surface area contributed by atoms with Crippen molar-refractivity contribution in [3.8, 4) is 0 Å². The monoisotopic (exact) mass is 391 g/mol. The van der Waals surface area contributed by atoms with Crippen molar-refractivity contribution in [3.05, 3.63) is 60.2 Å². The highest BCUT2D eigenvalue weighted by atomic mass is 16.2. The van der Waals surface area contributed by atoms with Crippen molar-refractivity contribution in [2.45, 2.75) is 32.9 Å². The Morgan fingerprint density at radius 3 is 2.69 bits per heavy atom. The molecule has 7 nitrogen and oxygen atoms in total. The first-order valence-electron chi connectivity index (χ1n) is 10.0. The number of pyridine rings is 1. The van der Waals surface area contributed by atoms with Gasteiger partial charge in [-0.1, -0.05) is 19.1 Å². The fourth-order valence-electron chi connectivity index (χ4n) is 3.69. The van der Waals surface area contributed by atoms with Crippen LogP contribution in [0.4, 0.5) is 0 Å². The normalized spacial score (nSPS) is 14.9. The summed E-state index contributed by atoms with van der Waals surface area (Å²) in [6.45, 7) is 4.31. The van der Waals surface area contributed by atoms with E-state index < -0.39 is 0 Å². The molecule has 29 heavy (non-hydrogen) atoms. The van der Waals surface area contributed by atoms with Crippen molar-refractivity contribution in [3.63, 3.8) is 0 Å². The second-order valence-electron chi connectivity index (χ2n) is 7.59. The molecule has 3 heterocycles. The molecular formula is C22H25N5O2. The maximum Gasteiger partial charge on any atom is 0.253 e. The highest BCUT2D eigenvalue weighted by molar-refractivity contribution is 5.93. The zero-order valence-electron chi connectivity index (χ0n) is 16.5. The van der Waals surface area contributed by atoms with Crippen molar-refractivity contribution < 1.29 is 9.59 Å². The third kappa shape index (κ3) is 4.29. The summed E-state index contributed by atoms with van der Waals surface area (Å²) >= 11 is 0. The van der Waals surface area contributed by atoms with E-state index in [-0.39, 0.29) is 24.9 Å². The van der Waals surface area contributed by atoms with E-state index in [9.17, 15) is 9.59 Å². The van der Waals surface area contributed by atoms with E-state index in [1.165, 1.54) is 6.20 Å². The number of carbonyl (C=O) groups is 2. The molecule has 0 unspecified atom stereocenters. The highest BCUT2D eigenvalue weighted by Gasteiger charge is 2.22. The Kier molecular flexibility index (Phi) is 5.55. The van der Waals surface area contributed by atoms with E-state index in [0.29, 0.717) is 17.3 Å². The minimum absolute atomic E-state index is 0.0971. The average Bonchev–Trinajstić information content (AvgIpc) is 3.10. The van der Waals surface area contributed by atoms with Gasteiger partial charge in [0, 0.05) is 25.5 Å². The van der Waals surface area contributed by atoms with Crippen molar-refractivity contribution in [1.82, 2.24) is 24.8 Å². The molecule has 2 amide bonds. The Labute approximate surface area is 169 Å². The number of para-hydroxylation sites is 2. The van der Waals surface area contributed by atoms with Crippen LogP contribution < -0.4 is 5.32 Å². The van der Waals surface area contributed by atoms with Crippen LogP contribution in [0.2, 0.25) is 0 Å². The Hall–Kier alpha value is -3.22. The fraction of sp³-hybridized carbons (Fsp3) is 0.364. The van der Waals surface area contributed by atoms with Crippen LogP contribution in [-0.2, 0) is 17.9 Å². The van der Waals surface area contributed by atoms with Gasteiger partial charge in [0.2, 0.25) is 5.91 Å². The average molecular weight is 391 g/mol. The molecule has 0 spiro atoms. The topological polar surface area (TPSA) is 80.1 Å². The number of carbonyl (C=O) groups excluding carboxylic acids is 2. The Morgan fingerprint density at radius 1 is 1.14 bits per heavy atom.